The fraction of sp³-hybridized carbons (Fsp3) is 1.00. The third-order valence-corrected chi connectivity index (χ3v) is 9.12. The summed E-state index contributed by atoms with van der Waals surface area (Å²) in [5, 5.41) is 32.1. The zero-order valence-electron chi connectivity index (χ0n) is 14.3. The van der Waals surface area contributed by atoms with Crippen molar-refractivity contribution in [2.45, 2.75) is 81.9 Å². The standard InChI is InChI=1S/C19H31BrO3/c1-17-5-4-14-16(15(17)8-12(20)10-17)19(22,23)9-11-7-13(21)3-6-18(11,14)2/h11-16,21-23H,3-10H2,1-2H3/t11-,12-,13+,14+,15+,16-,17-,18+/m1/s1. The molecule has 132 valence electrons. The Morgan fingerprint density at radius 2 is 1.70 bits per heavy atom. The Bertz CT molecular complexity index is 495. The number of alkyl halides is 1. The number of hydrogen-bond acceptors (Lipinski definition) is 3. The number of fused-ring (bicyclic) bond motifs is 5. The van der Waals surface area contributed by atoms with E-state index in [1.54, 1.807) is 0 Å². The number of halogens is 1. The van der Waals surface area contributed by atoms with Crippen LogP contribution >= 0.6 is 15.9 Å². The quantitative estimate of drug-likeness (QED) is 0.441. The molecule has 0 saturated heterocycles. The number of rotatable bonds is 0. The molecule has 0 aromatic rings. The van der Waals surface area contributed by atoms with E-state index >= 15 is 0 Å². The van der Waals surface area contributed by atoms with Crippen LogP contribution in [0.1, 0.15) is 65.2 Å². The van der Waals surface area contributed by atoms with Crippen LogP contribution in [0.15, 0.2) is 0 Å². The van der Waals surface area contributed by atoms with Gasteiger partial charge in [-0.3, -0.25) is 0 Å². The van der Waals surface area contributed by atoms with Gasteiger partial charge in [-0.15, -0.1) is 0 Å². The van der Waals surface area contributed by atoms with Crippen molar-refractivity contribution in [1.82, 2.24) is 0 Å². The first-order valence-electron chi connectivity index (χ1n) is 9.43. The Labute approximate surface area is 148 Å². The van der Waals surface area contributed by atoms with E-state index in [9.17, 15) is 15.3 Å². The molecule has 0 spiro atoms. The van der Waals surface area contributed by atoms with Crippen LogP contribution in [0.3, 0.4) is 0 Å². The van der Waals surface area contributed by atoms with Gasteiger partial charge in [-0.1, -0.05) is 29.8 Å². The van der Waals surface area contributed by atoms with Crippen molar-refractivity contribution in [1.29, 1.82) is 0 Å². The van der Waals surface area contributed by atoms with Crippen molar-refractivity contribution >= 4 is 15.9 Å². The molecule has 3 N–H and O–H groups in total. The van der Waals surface area contributed by atoms with E-state index in [4.69, 9.17) is 0 Å². The minimum absolute atomic E-state index is 0.000271. The minimum Gasteiger partial charge on any atom is -0.393 e. The monoisotopic (exact) mass is 386 g/mol. The Hall–Kier alpha value is 0.360. The number of aliphatic hydroxyl groups excluding tert-OH is 1. The van der Waals surface area contributed by atoms with Gasteiger partial charge in [0.1, 0.15) is 0 Å². The zero-order valence-corrected chi connectivity index (χ0v) is 15.9. The van der Waals surface area contributed by atoms with Crippen LogP contribution in [0.4, 0.5) is 0 Å². The van der Waals surface area contributed by atoms with E-state index in [1.807, 2.05) is 0 Å². The summed E-state index contributed by atoms with van der Waals surface area (Å²) < 4.78 is 0. The molecule has 23 heavy (non-hydrogen) atoms. The fourth-order valence-corrected chi connectivity index (χ4v) is 8.34. The molecule has 0 radical (unpaired) electrons. The van der Waals surface area contributed by atoms with Gasteiger partial charge in [0.25, 0.3) is 0 Å². The summed E-state index contributed by atoms with van der Waals surface area (Å²) in [7, 11) is 0. The summed E-state index contributed by atoms with van der Waals surface area (Å²) in [6.45, 7) is 4.74. The van der Waals surface area contributed by atoms with Crippen molar-refractivity contribution in [3.05, 3.63) is 0 Å². The molecule has 0 aliphatic heterocycles. The molecule has 8 atom stereocenters. The van der Waals surface area contributed by atoms with Crippen LogP contribution in [0.25, 0.3) is 0 Å². The first-order valence-corrected chi connectivity index (χ1v) is 10.3. The zero-order chi connectivity index (χ0) is 16.6. The van der Waals surface area contributed by atoms with Gasteiger partial charge in [0.05, 0.1) is 6.10 Å². The van der Waals surface area contributed by atoms with Crippen LogP contribution in [0.5, 0.6) is 0 Å². The van der Waals surface area contributed by atoms with Gasteiger partial charge in [-0.25, -0.2) is 0 Å². The summed E-state index contributed by atoms with van der Waals surface area (Å²) in [4.78, 5) is 0.519. The molecule has 0 unspecified atom stereocenters. The molecule has 0 aromatic heterocycles. The third-order valence-electron chi connectivity index (χ3n) is 8.42. The highest BCUT2D eigenvalue weighted by molar-refractivity contribution is 9.09. The fourth-order valence-electron chi connectivity index (χ4n) is 7.20. The second kappa shape index (κ2) is 5.18. The molecule has 4 rings (SSSR count). The second-order valence-corrected chi connectivity index (χ2v) is 11.0. The largest absolute Gasteiger partial charge is 0.393 e. The maximum Gasteiger partial charge on any atom is 0.166 e. The molecule has 4 fully saturated rings. The van der Waals surface area contributed by atoms with Crippen LogP contribution in [-0.2, 0) is 0 Å². The Balaban J connectivity index is 1.72. The summed E-state index contributed by atoms with van der Waals surface area (Å²) in [6.07, 6.45) is 7.41. The summed E-state index contributed by atoms with van der Waals surface area (Å²) in [5.41, 5.74) is 0.425. The van der Waals surface area contributed by atoms with Crippen molar-refractivity contribution in [2.24, 2.45) is 34.5 Å². The lowest BCUT2D eigenvalue weighted by molar-refractivity contribution is -0.303. The molecule has 0 aromatic carbocycles. The predicted octanol–water partition coefficient (Wildman–Crippen LogP) is 3.44. The Morgan fingerprint density at radius 1 is 0.957 bits per heavy atom. The first kappa shape index (κ1) is 16.8. The summed E-state index contributed by atoms with van der Waals surface area (Å²) in [6, 6.07) is 0. The molecule has 3 nitrogen and oxygen atoms in total. The van der Waals surface area contributed by atoms with Gasteiger partial charge in [0, 0.05) is 17.2 Å². The van der Waals surface area contributed by atoms with E-state index in [-0.39, 0.29) is 28.8 Å². The summed E-state index contributed by atoms with van der Waals surface area (Å²) >= 11 is 3.81. The molecule has 4 aliphatic carbocycles. The van der Waals surface area contributed by atoms with Crippen LogP contribution in [-0.4, -0.2) is 32.0 Å². The highest BCUT2D eigenvalue weighted by atomic mass is 79.9. The average molecular weight is 387 g/mol. The van der Waals surface area contributed by atoms with E-state index in [0.717, 1.165) is 38.5 Å². The van der Waals surface area contributed by atoms with Gasteiger partial charge in [-0.2, -0.15) is 0 Å². The summed E-state index contributed by atoms with van der Waals surface area (Å²) in [5.74, 6) is -0.520. The maximum absolute atomic E-state index is 11.0. The van der Waals surface area contributed by atoms with E-state index < -0.39 is 5.79 Å². The predicted molar refractivity (Wildman–Crippen MR) is 93.0 cm³/mol. The number of hydrogen-bond donors (Lipinski definition) is 3. The Kier molecular flexibility index (Phi) is 3.79. The normalized spacial score (nSPS) is 58.2. The highest BCUT2D eigenvalue weighted by Crippen LogP contribution is 2.68. The molecule has 0 amide bonds. The lowest BCUT2D eigenvalue weighted by Crippen LogP contribution is -2.63. The lowest BCUT2D eigenvalue weighted by atomic mass is 9.43. The average Bonchev–Trinajstić information content (AvgIpc) is 2.74. The highest BCUT2D eigenvalue weighted by Gasteiger charge is 2.65. The van der Waals surface area contributed by atoms with E-state index in [0.29, 0.717) is 23.1 Å². The molecule has 0 heterocycles. The molecule has 4 heteroatoms. The van der Waals surface area contributed by atoms with Gasteiger partial charge >= 0.3 is 0 Å². The van der Waals surface area contributed by atoms with Crippen LogP contribution in [0, 0.1) is 34.5 Å². The van der Waals surface area contributed by atoms with Gasteiger partial charge in [0.2, 0.25) is 0 Å². The van der Waals surface area contributed by atoms with Gasteiger partial charge < -0.3 is 15.3 Å². The van der Waals surface area contributed by atoms with E-state index in [1.165, 1.54) is 6.42 Å². The Morgan fingerprint density at radius 3 is 2.43 bits per heavy atom. The maximum atomic E-state index is 11.0. The topological polar surface area (TPSA) is 60.7 Å². The molecule has 4 aliphatic rings. The van der Waals surface area contributed by atoms with Crippen molar-refractivity contribution < 1.29 is 15.3 Å². The third kappa shape index (κ3) is 2.38. The first-order chi connectivity index (χ1) is 10.7. The molecular weight excluding hydrogens is 356 g/mol. The molecular formula is C19H31BrO3. The van der Waals surface area contributed by atoms with Gasteiger partial charge in [0.15, 0.2) is 5.79 Å². The number of aliphatic hydroxyl groups is 3. The van der Waals surface area contributed by atoms with Crippen molar-refractivity contribution in [3.8, 4) is 0 Å². The van der Waals surface area contributed by atoms with Crippen LogP contribution < -0.4 is 0 Å². The van der Waals surface area contributed by atoms with Crippen molar-refractivity contribution in [2.75, 3.05) is 0 Å². The smallest absolute Gasteiger partial charge is 0.166 e. The molecule has 4 saturated carbocycles. The van der Waals surface area contributed by atoms with Crippen LogP contribution in [0.2, 0.25) is 0 Å². The second-order valence-electron chi connectivity index (χ2n) is 9.68. The van der Waals surface area contributed by atoms with Gasteiger partial charge in [-0.05, 0) is 73.5 Å². The van der Waals surface area contributed by atoms with Crippen molar-refractivity contribution in [3.63, 3.8) is 0 Å². The minimum atomic E-state index is -1.56. The lowest BCUT2D eigenvalue weighted by Gasteiger charge is -2.63. The molecule has 0 bridgehead atoms. The SMILES string of the molecule is C[C@]12CC[C@H]3[C@H]([C@@H]1C[C@@H](Br)C2)C(O)(O)C[C@H]1C[C@@H](O)CC[C@@]13C. The van der Waals surface area contributed by atoms with E-state index in [2.05, 4.69) is 29.8 Å².